The number of rotatable bonds is 6. The van der Waals surface area contributed by atoms with Gasteiger partial charge in [0.25, 0.3) is 11.8 Å². The Morgan fingerprint density at radius 3 is 2.38 bits per heavy atom. The first-order valence-corrected chi connectivity index (χ1v) is 10.7. The smallest absolute Gasteiger partial charge is 0.256 e. The average molecular weight is 414 g/mol. The molecule has 3 rings (SSSR count). The Balaban J connectivity index is 1.85. The second kappa shape index (κ2) is 8.40. The van der Waals surface area contributed by atoms with Gasteiger partial charge in [-0.2, -0.15) is 0 Å². The van der Waals surface area contributed by atoms with Crippen LogP contribution in [0.2, 0.25) is 0 Å². The van der Waals surface area contributed by atoms with E-state index >= 15 is 0 Å². The first-order valence-electron chi connectivity index (χ1n) is 8.77. The van der Waals surface area contributed by atoms with Gasteiger partial charge in [-0.25, -0.2) is 12.8 Å². The number of carbonyl (C=O) groups excluding carboxylic acids is 2. The summed E-state index contributed by atoms with van der Waals surface area (Å²) in [6, 6.07) is 16.9. The van der Waals surface area contributed by atoms with E-state index < -0.39 is 33.7 Å². The predicted octanol–water partition coefficient (Wildman–Crippen LogP) is 2.40. The summed E-state index contributed by atoms with van der Waals surface area (Å²) >= 11 is 0. The van der Waals surface area contributed by atoms with Crippen LogP contribution in [0.5, 0.6) is 0 Å². The lowest BCUT2D eigenvalue weighted by molar-refractivity contribution is -0.121. The molecule has 0 spiro atoms. The Bertz CT molecular complexity index is 1180. The number of amides is 2. The molecule has 8 heteroatoms. The maximum Gasteiger partial charge on any atom is 0.256 e. The minimum absolute atomic E-state index is 0.0710. The molecular weight excluding hydrogens is 395 g/mol. The van der Waals surface area contributed by atoms with Crippen molar-refractivity contribution in [3.05, 3.63) is 83.7 Å². The van der Waals surface area contributed by atoms with Crippen molar-refractivity contribution in [1.29, 1.82) is 0 Å². The summed E-state index contributed by atoms with van der Waals surface area (Å²) in [5.41, 5.74) is 0.762. The monoisotopic (exact) mass is 414 g/mol. The minimum atomic E-state index is -3.82. The van der Waals surface area contributed by atoms with Crippen LogP contribution in [0.25, 0.3) is 10.8 Å². The van der Waals surface area contributed by atoms with E-state index in [1.807, 2.05) is 29.0 Å². The van der Waals surface area contributed by atoms with E-state index in [1.54, 1.807) is 24.3 Å². The molecule has 2 amide bonds. The molecule has 0 saturated heterocycles. The van der Waals surface area contributed by atoms with Crippen molar-refractivity contribution in [3.63, 3.8) is 0 Å². The number of sulfonamides is 1. The molecule has 0 aromatic heterocycles. The van der Waals surface area contributed by atoms with Crippen LogP contribution >= 0.6 is 0 Å². The van der Waals surface area contributed by atoms with Gasteiger partial charge in [0, 0.05) is 12.0 Å². The van der Waals surface area contributed by atoms with Crippen LogP contribution in [0.15, 0.2) is 66.7 Å². The molecule has 0 unspecified atom stereocenters. The lowest BCUT2D eigenvalue weighted by atomic mass is 10.0. The first-order chi connectivity index (χ1) is 13.7. The van der Waals surface area contributed by atoms with Gasteiger partial charge >= 0.3 is 0 Å². The van der Waals surface area contributed by atoms with Crippen molar-refractivity contribution in [3.8, 4) is 0 Å². The van der Waals surface area contributed by atoms with Crippen LogP contribution in [0.1, 0.15) is 15.9 Å². The van der Waals surface area contributed by atoms with E-state index in [0.29, 0.717) is 11.1 Å². The topological polar surface area (TPSA) is 92.3 Å². The van der Waals surface area contributed by atoms with Gasteiger partial charge in [0.2, 0.25) is 10.0 Å². The van der Waals surface area contributed by atoms with Crippen LogP contribution in [0.4, 0.5) is 4.39 Å². The van der Waals surface area contributed by atoms with E-state index in [9.17, 15) is 22.4 Å². The molecule has 1 atom stereocenters. The molecule has 0 aliphatic rings. The van der Waals surface area contributed by atoms with E-state index in [1.165, 1.54) is 18.2 Å². The lowest BCUT2D eigenvalue weighted by Gasteiger charge is -2.18. The molecular formula is C21H19FN2O4S. The van der Waals surface area contributed by atoms with Crippen molar-refractivity contribution in [1.82, 2.24) is 10.0 Å². The molecule has 0 radical (unpaired) electrons. The third-order valence-corrected chi connectivity index (χ3v) is 4.82. The van der Waals surface area contributed by atoms with Gasteiger partial charge in [0.15, 0.2) is 0 Å². The molecule has 3 aromatic carbocycles. The third kappa shape index (κ3) is 5.61. The van der Waals surface area contributed by atoms with Gasteiger partial charge in [-0.3, -0.25) is 14.3 Å². The molecule has 0 aliphatic heterocycles. The largest absolute Gasteiger partial charge is 0.340 e. The number of halogens is 1. The summed E-state index contributed by atoms with van der Waals surface area (Å²) in [6.45, 7) is 0. The summed E-state index contributed by atoms with van der Waals surface area (Å²) < 4.78 is 38.2. The van der Waals surface area contributed by atoms with Gasteiger partial charge < -0.3 is 5.32 Å². The van der Waals surface area contributed by atoms with Crippen LogP contribution in [-0.2, 0) is 21.2 Å². The van der Waals surface area contributed by atoms with Crippen molar-refractivity contribution in [2.24, 2.45) is 0 Å². The highest BCUT2D eigenvalue weighted by Crippen LogP contribution is 2.16. The fourth-order valence-corrected chi connectivity index (χ4v) is 3.44. The molecule has 150 valence electrons. The molecule has 0 saturated carbocycles. The molecule has 3 aromatic rings. The molecule has 0 bridgehead atoms. The summed E-state index contributed by atoms with van der Waals surface area (Å²) in [6.07, 6.45) is 0.772. The Morgan fingerprint density at radius 1 is 0.966 bits per heavy atom. The number of benzene rings is 3. The molecule has 0 fully saturated rings. The van der Waals surface area contributed by atoms with E-state index in [0.717, 1.165) is 17.0 Å². The van der Waals surface area contributed by atoms with Gasteiger partial charge in [0.05, 0.1) is 6.26 Å². The van der Waals surface area contributed by atoms with Gasteiger partial charge in [-0.1, -0.05) is 42.5 Å². The Labute approximate surface area is 167 Å². The average Bonchev–Trinajstić information content (AvgIpc) is 2.65. The zero-order chi connectivity index (χ0) is 21.0. The minimum Gasteiger partial charge on any atom is -0.340 e. The molecule has 2 N–H and O–H groups in total. The fourth-order valence-electron chi connectivity index (χ4n) is 2.93. The number of fused-ring (bicyclic) bond motifs is 1. The Morgan fingerprint density at radius 2 is 1.69 bits per heavy atom. The van der Waals surface area contributed by atoms with Crippen LogP contribution in [0, 0.1) is 5.82 Å². The zero-order valence-electron chi connectivity index (χ0n) is 15.6. The highest BCUT2D eigenvalue weighted by Gasteiger charge is 2.24. The zero-order valence-corrected chi connectivity index (χ0v) is 16.4. The highest BCUT2D eigenvalue weighted by molar-refractivity contribution is 7.89. The fraction of sp³-hybridized carbons (Fsp3) is 0.143. The second-order valence-corrected chi connectivity index (χ2v) is 8.41. The SMILES string of the molecule is CS(=O)(=O)NC(=O)[C@@H](Cc1cccc(F)c1)NC(=O)c1ccc2ccccc2c1. The molecule has 6 nitrogen and oxygen atoms in total. The number of hydrogen-bond acceptors (Lipinski definition) is 4. The second-order valence-electron chi connectivity index (χ2n) is 6.66. The number of hydrogen-bond donors (Lipinski definition) is 2. The van der Waals surface area contributed by atoms with E-state index in [4.69, 9.17) is 0 Å². The van der Waals surface area contributed by atoms with Crippen LogP contribution in [0.3, 0.4) is 0 Å². The molecule has 29 heavy (non-hydrogen) atoms. The van der Waals surface area contributed by atoms with Crippen molar-refractivity contribution in [2.45, 2.75) is 12.5 Å². The summed E-state index contributed by atoms with van der Waals surface area (Å²) in [4.78, 5) is 25.1. The predicted molar refractivity (Wildman–Crippen MR) is 108 cm³/mol. The molecule has 0 aliphatic carbocycles. The van der Waals surface area contributed by atoms with Gasteiger partial charge in [-0.05, 0) is 40.6 Å². The number of carbonyl (C=O) groups is 2. The molecule has 0 heterocycles. The van der Waals surface area contributed by atoms with Crippen molar-refractivity contribution >= 4 is 32.6 Å². The lowest BCUT2D eigenvalue weighted by Crippen LogP contribution is -2.49. The van der Waals surface area contributed by atoms with Crippen molar-refractivity contribution in [2.75, 3.05) is 6.26 Å². The Kier molecular flexibility index (Phi) is 5.93. The quantitative estimate of drug-likeness (QED) is 0.648. The third-order valence-electron chi connectivity index (χ3n) is 4.25. The summed E-state index contributed by atoms with van der Waals surface area (Å²) in [5.74, 6) is -1.93. The standard InChI is InChI=1S/C21H19FN2O4S/c1-29(27,28)24-21(26)19(12-14-5-4-8-18(22)11-14)23-20(25)17-10-9-15-6-2-3-7-16(15)13-17/h2-11,13,19H,12H2,1H3,(H,23,25)(H,24,26)/t19-/m1/s1. The van der Waals surface area contributed by atoms with Gasteiger partial charge in [0.1, 0.15) is 11.9 Å². The maximum atomic E-state index is 13.5. The number of nitrogens with one attached hydrogen (secondary N) is 2. The van der Waals surface area contributed by atoms with E-state index in [-0.39, 0.29) is 6.42 Å². The highest BCUT2D eigenvalue weighted by atomic mass is 32.2. The Hall–Kier alpha value is -3.26. The first kappa shape index (κ1) is 20.5. The van der Waals surface area contributed by atoms with Crippen LogP contribution < -0.4 is 10.0 Å². The normalized spacial score (nSPS) is 12.3. The van der Waals surface area contributed by atoms with Crippen molar-refractivity contribution < 1.29 is 22.4 Å². The summed E-state index contributed by atoms with van der Waals surface area (Å²) in [5, 5.41) is 4.35. The summed E-state index contributed by atoms with van der Waals surface area (Å²) in [7, 11) is -3.82. The maximum absolute atomic E-state index is 13.5. The van der Waals surface area contributed by atoms with Crippen LogP contribution in [-0.4, -0.2) is 32.5 Å². The van der Waals surface area contributed by atoms with Gasteiger partial charge in [-0.15, -0.1) is 0 Å². The van der Waals surface area contributed by atoms with E-state index in [2.05, 4.69) is 5.32 Å².